The fraction of sp³-hybridized carbons (Fsp3) is 0.267. The number of benzene rings is 1. The Kier molecular flexibility index (Phi) is 5.35. The van der Waals surface area contributed by atoms with Crippen molar-refractivity contribution in [3.63, 3.8) is 0 Å². The molecule has 1 aromatic carbocycles. The third-order valence-electron chi connectivity index (χ3n) is 3.93. The van der Waals surface area contributed by atoms with Gasteiger partial charge in [0.05, 0.1) is 22.2 Å². The summed E-state index contributed by atoms with van der Waals surface area (Å²) in [6, 6.07) is 0. The van der Waals surface area contributed by atoms with Crippen LogP contribution in [0.25, 0.3) is 22.3 Å². The second-order valence-corrected chi connectivity index (χ2v) is 9.05. The second kappa shape index (κ2) is 7.24. The first kappa shape index (κ1) is 19.2. The van der Waals surface area contributed by atoms with Crippen molar-refractivity contribution in [1.82, 2.24) is 20.2 Å². The predicted octanol–water partition coefficient (Wildman–Crippen LogP) is 2.31. The Morgan fingerprint density at radius 2 is 2.08 bits per heavy atom. The first-order valence-corrected chi connectivity index (χ1v) is 11.0. The number of halogens is 1. The lowest BCUT2D eigenvalue weighted by Crippen LogP contribution is -2.19. The molecule has 8 nitrogen and oxygen atoms in total. The van der Waals surface area contributed by atoms with E-state index in [2.05, 4.69) is 36.1 Å². The van der Waals surface area contributed by atoms with Crippen LogP contribution in [0.5, 0.6) is 0 Å². The van der Waals surface area contributed by atoms with Gasteiger partial charge in [-0.1, -0.05) is 6.92 Å². The molecule has 0 aliphatic rings. The highest BCUT2D eigenvalue weighted by Gasteiger charge is 2.28. The van der Waals surface area contributed by atoms with Crippen LogP contribution in [0.4, 0.5) is 0 Å². The number of hydrogen-bond acceptors (Lipinski definition) is 7. The number of H-pyrrole nitrogens is 1. The van der Waals surface area contributed by atoms with Crippen LogP contribution in [0.2, 0.25) is 0 Å². The summed E-state index contributed by atoms with van der Waals surface area (Å²) in [5, 5.41) is 13.0. The van der Waals surface area contributed by atoms with Crippen LogP contribution in [-0.2, 0) is 16.6 Å². The van der Waals surface area contributed by atoms with Gasteiger partial charge >= 0.3 is 0 Å². The van der Waals surface area contributed by atoms with Crippen molar-refractivity contribution in [2.24, 2.45) is 10.9 Å². The van der Waals surface area contributed by atoms with E-state index in [1.807, 2.05) is 6.92 Å². The number of thioether (sulfide) groups is 1. The van der Waals surface area contributed by atoms with E-state index in [1.54, 1.807) is 13.1 Å². The molecule has 2 heterocycles. The molecule has 138 valence electrons. The lowest BCUT2D eigenvalue weighted by Gasteiger charge is -2.20. The van der Waals surface area contributed by atoms with Gasteiger partial charge in [0.15, 0.2) is 5.65 Å². The van der Waals surface area contributed by atoms with Gasteiger partial charge in [0.25, 0.3) is 0 Å². The molecule has 2 aromatic heterocycles. The average molecular weight is 457 g/mol. The Labute approximate surface area is 163 Å². The Morgan fingerprint density at radius 1 is 1.35 bits per heavy atom. The molecule has 0 aliphatic heterocycles. The minimum absolute atomic E-state index is 0.0108. The fourth-order valence-corrected chi connectivity index (χ4v) is 6.02. The van der Waals surface area contributed by atoms with Crippen LogP contribution in [0, 0.1) is 6.92 Å². The van der Waals surface area contributed by atoms with Gasteiger partial charge in [-0.2, -0.15) is 5.10 Å². The molecular formula is C15H17BrN6O2S2. The second-order valence-electron chi connectivity index (χ2n) is 5.49. The summed E-state index contributed by atoms with van der Waals surface area (Å²) in [6.07, 6.45) is 3.08. The van der Waals surface area contributed by atoms with Gasteiger partial charge in [0.1, 0.15) is 6.33 Å². The molecule has 11 heteroatoms. The Morgan fingerprint density at radius 3 is 2.69 bits per heavy atom. The summed E-state index contributed by atoms with van der Waals surface area (Å²) < 4.78 is 25.0. The van der Waals surface area contributed by atoms with Gasteiger partial charge in [0, 0.05) is 27.0 Å². The van der Waals surface area contributed by atoms with E-state index in [0.29, 0.717) is 26.9 Å². The Balaban J connectivity index is 2.50. The van der Waals surface area contributed by atoms with E-state index < -0.39 is 10.0 Å². The highest BCUT2D eigenvalue weighted by molar-refractivity contribution is 9.10. The van der Waals surface area contributed by atoms with Gasteiger partial charge in [0.2, 0.25) is 10.0 Å². The maximum absolute atomic E-state index is 12.2. The molecule has 0 fully saturated rings. The molecule has 0 saturated carbocycles. The SMILES string of the molecule is CCSc1c(C)c(S(N)(=O)=O)c(CN)c(Br)c1-c1ncnc2[nH]ncc12. The first-order chi connectivity index (χ1) is 12.3. The molecular weight excluding hydrogens is 440 g/mol. The zero-order valence-corrected chi connectivity index (χ0v) is 17.3. The molecule has 0 bridgehead atoms. The highest BCUT2D eigenvalue weighted by Crippen LogP contribution is 2.45. The third kappa shape index (κ3) is 3.14. The molecule has 26 heavy (non-hydrogen) atoms. The number of aromatic amines is 1. The molecule has 0 amide bonds. The van der Waals surface area contributed by atoms with Crippen LogP contribution >= 0.6 is 27.7 Å². The summed E-state index contributed by atoms with van der Waals surface area (Å²) in [7, 11) is -3.94. The molecule has 0 saturated heterocycles. The molecule has 5 N–H and O–H groups in total. The summed E-state index contributed by atoms with van der Waals surface area (Å²) in [4.78, 5) is 9.43. The molecule has 0 aliphatic carbocycles. The van der Waals surface area contributed by atoms with Crippen LogP contribution in [0.1, 0.15) is 18.1 Å². The molecule has 3 aromatic rings. The number of nitrogens with zero attached hydrogens (tertiary/aromatic N) is 3. The van der Waals surface area contributed by atoms with Crippen molar-refractivity contribution < 1.29 is 8.42 Å². The molecule has 0 spiro atoms. The largest absolute Gasteiger partial charge is 0.326 e. The van der Waals surface area contributed by atoms with Crippen molar-refractivity contribution >= 4 is 48.7 Å². The number of fused-ring (bicyclic) bond motifs is 1. The van der Waals surface area contributed by atoms with Crippen LogP contribution in [-0.4, -0.2) is 34.3 Å². The number of aromatic nitrogens is 4. The van der Waals surface area contributed by atoms with Crippen LogP contribution in [0.15, 0.2) is 26.8 Å². The molecule has 0 atom stereocenters. The normalized spacial score (nSPS) is 12.0. The van der Waals surface area contributed by atoms with Gasteiger partial charge in [-0.3, -0.25) is 5.10 Å². The maximum Gasteiger partial charge on any atom is 0.238 e. The van der Waals surface area contributed by atoms with E-state index in [1.165, 1.54) is 18.1 Å². The highest BCUT2D eigenvalue weighted by atomic mass is 79.9. The summed E-state index contributed by atoms with van der Waals surface area (Å²) in [6.45, 7) is 3.74. The summed E-state index contributed by atoms with van der Waals surface area (Å²) in [5.41, 5.74) is 8.86. The smallest absolute Gasteiger partial charge is 0.238 e. The van der Waals surface area contributed by atoms with E-state index in [9.17, 15) is 8.42 Å². The molecule has 0 radical (unpaired) electrons. The summed E-state index contributed by atoms with van der Waals surface area (Å²) in [5.74, 6) is 0.742. The minimum atomic E-state index is -3.94. The van der Waals surface area contributed by atoms with Gasteiger partial charge < -0.3 is 5.73 Å². The third-order valence-corrected chi connectivity index (χ3v) is 7.01. The van der Waals surface area contributed by atoms with Gasteiger partial charge in [-0.05, 0) is 34.2 Å². The zero-order chi connectivity index (χ0) is 19.1. The average Bonchev–Trinajstić information content (AvgIpc) is 3.05. The Bertz CT molecular complexity index is 1100. The van der Waals surface area contributed by atoms with Gasteiger partial charge in [-0.25, -0.2) is 23.5 Å². The number of nitrogens with two attached hydrogens (primary N) is 2. The van der Waals surface area contributed by atoms with Gasteiger partial charge in [-0.15, -0.1) is 11.8 Å². The van der Waals surface area contributed by atoms with E-state index in [-0.39, 0.29) is 11.4 Å². The molecule has 0 unspecified atom stereocenters. The number of rotatable bonds is 5. The van der Waals surface area contributed by atoms with Crippen molar-refractivity contribution in [2.75, 3.05) is 5.75 Å². The maximum atomic E-state index is 12.2. The zero-order valence-electron chi connectivity index (χ0n) is 14.1. The van der Waals surface area contributed by atoms with Crippen molar-refractivity contribution in [1.29, 1.82) is 0 Å². The topological polar surface area (TPSA) is 141 Å². The molecule has 3 rings (SSSR count). The number of sulfonamides is 1. The quantitative estimate of drug-likeness (QED) is 0.500. The summed E-state index contributed by atoms with van der Waals surface area (Å²) >= 11 is 5.06. The predicted molar refractivity (Wildman–Crippen MR) is 105 cm³/mol. The first-order valence-electron chi connectivity index (χ1n) is 7.66. The number of hydrogen-bond donors (Lipinski definition) is 3. The van der Waals surface area contributed by atoms with Crippen molar-refractivity contribution in [3.8, 4) is 11.3 Å². The number of primary sulfonamides is 1. The lowest BCUT2D eigenvalue weighted by atomic mass is 10.0. The van der Waals surface area contributed by atoms with E-state index in [4.69, 9.17) is 10.9 Å². The van der Waals surface area contributed by atoms with Crippen molar-refractivity contribution in [3.05, 3.63) is 28.1 Å². The monoisotopic (exact) mass is 456 g/mol. The van der Waals surface area contributed by atoms with Crippen molar-refractivity contribution in [2.45, 2.75) is 30.2 Å². The standard InChI is InChI=1S/C15H17BrN6O2S2/c1-3-25-13-7(2)14(26(18,23)24)8(4-17)11(16)10(13)12-9-5-21-22-15(9)20-6-19-12/h5-6H,3-4,17H2,1-2H3,(H2,18,23,24)(H,19,20,21,22). The van der Waals surface area contributed by atoms with E-state index in [0.717, 1.165) is 21.6 Å². The fourth-order valence-electron chi connectivity index (χ4n) is 2.93. The lowest BCUT2D eigenvalue weighted by molar-refractivity contribution is 0.595. The minimum Gasteiger partial charge on any atom is -0.326 e. The van der Waals surface area contributed by atoms with E-state index >= 15 is 0 Å². The van der Waals surface area contributed by atoms with Crippen LogP contribution in [0.3, 0.4) is 0 Å². The Hall–Kier alpha value is -1.53. The number of nitrogens with one attached hydrogen (secondary N) is 1. The van der Waals surface area contributed by atoms with Crippen LogP contribution < -0.4 is 10.9 Å².